The van der Waals surface area contributed by atoms with E-state index < -0.39 is 0 Å². The van der Waals surface area contributed by atoms with Crippen molar-refractivity contribution in [1.29, 1.82) is 0 Å². The first-order valence-corrected chi connectivity index (χ1v) is 6.12. The number of benzene rings is 1. The highest BCUT2D eigenvalue weighted by atomic mass is 16.5. The third-order valence-corrected chi connectivity index (χ3v) is 2.83. The van der Waals surface area contributed by atoms with Crippen LogP contribution < -0.4 is 0 Å². The summed E-state index contributed by atoms with van der Waals surface area (Å²) < 4.78 is 5.72. The fourth-order valence-corrected chi connectivity index (χ4v) is 1.87. The fraction of sp³-hybridized carbons (Fsp3) is 0.333. The van der Waals surface area contributed by atoms with Gasteiger partial charge in [0.05, 0.1) is 0 Å². The highest BCUT2D eigenvalue weighted by Gasteiger charge is 2.08. The zero-order valence-corrected chi connectivity index (χ0v) is 10.3. The first-order chi connectivity index (χ1) is 8.36. The van der Waals surface area contributed by atoms with E-state index in [1.807, 2.05) is 18.2 Å². The van der Waals surface area contributed by atoms with Gasteiger partial charge in [0.25, 0.3) is 0 Å². The van der Waals surface area contributed by atoms with Crippen LogP contribution in [0.3, 0.4) is 0 Å². The highest BCUT2D eigenvalue weighted by Crippen LogP contribution is 2.13. The summed E-state index contributed by atoms with van der Waals surface area (Å²) in [6.07, 6.45) is 8.66. The molecule has 1 heterocycles. The Hall–Kier alpha value is -1.70. The summed E-state index contributed by atoms with van der Waals surface area (Å²) in [5, 5.41) is 0. The minimum absolute atomic E-state index is 0.630. The summed E-state index contributed by atoms with van der Waals surface area (Å²) in [5.74, 6) is 1.01. The van der Waals surface area contributed by atoms with Gasteiger partial charge in [0.1, 0.15) is 6.61 Å². The Morgan fingerprint density at radius 1 is 1.29 bits per heavy atom. The van der Waals surface area contributed by atoms with Crippen molar-refractivity contribution >= 4 is 6.08 Å². The van der Waals surface area contributed by atoms with Gasteiger partial charge in [-0.3, -0.25) is 0 Å². The first kappa shape index (κ1) is 11.8. The molecule has 2 heteroatoms. The van der Waals surface area contributed by atoms with Crippen molar-refractivity contribution in [1.82, 2.24) is 4.90 Å². The van der Waals surface area contributed by atoms with Gasteiger partial charge < -0.3 is 9.64 Å². The molecule has 1 aliphatic heterocycles. The third-order valence-electron chi connectivity index (χ3n) is 2.83. The van der Waals surface area contributed by atoms with Crippen molar-refractivity contribution in [2.45, 2.75) is 12.8 Å². The van der Waals surface area contributed by atoms with Crippen molar-refractivity contribution < 1.29 is 4.74 Å². The predicted octanol–water partition coefficient (Wildman–Crippen LogP) is 3.28. The second-order valence-corrected chi connectivity index (χ2v) is 4.23. The molecule has 2 nitrogen and oxygen atoms in total. The molecule has 0 atom stereocenters. The summed E-state index contributed by atoms with van der Waals surface area (Å²) in [6, 6.07) is 10.3. The van der Waals surface area contributed by atoms with Crippen LogP contribution in [0.4, 0.5) is 0 Å². The lowest BCUT2D eigenvalue weighted by Gasteiger charge is -2.25. The van der Waals surface area contributed by atoms with Gasteiger partial charge in [0.15, 0.2) is 5.88 Å². The largest absolute Gasteiger partial charge is 0.475 e. The Kier molecular flexibility index (Phi) is 4.25. The number of allylic oxidation sites excluding steroid dienone is 1. The Balaban J connectivity index is 1.80. The van der Waals surface area contributed by atoms with E-state index in [-0.39, 0.29) is 0 Å². The van der Waals surface area contributed by atoms with Gasteiger partial charge in [-0.15, -0.1) is 0 Å². The second-order valence-electron chi connectivity index (χ2n) is 4.23. The molecule has 2 rings (SSSR count). The van der Waals surface area contributed by atoms with Crippen molar-refractivity contribution in [3.8, 4) is 0 Å². The Morgan fingerprint density at radius 2 is 2.12 bits per heavy atom. The molecule has 17 heavy (non-hydrogen) atoms. The number of hydrogen-bond donors (Lipinski definition) is 0. The lowest BCUT2D eigenvalue weighted by molar-refractivity contribution is 0.138. The first-order valence-electron chi connectivity index (χ1n) is 6.12. The average molecular weight is 229 g/mol. The molecule has 1 aromatic carbocycles. The van der Waals surface area contributed by atoms with Crippen LogP contribution >= 0.6 is 0 Å². The molecule has 1 aliphatic rings. The third kappa shape index (κ3) is 3.66. The van der Waals surface area contributed by atoms with Crippen LogP contribution in [0.25, 0.3) is 6.08 Å². The van der Waals surface area contributed by atoms with Crippen LogP contribution in [-0.2, 0) is 4.74 Å². The Bertz CT molecular complexity index is 395. The molecule has 0 radical (unpaired) electrons. The van der Waals surface area contributed by atoms with Gasteiger partial charge in [0, 0.05) is 13.6 Å². The number of ether oxygens (including phenoxy) is 1. The van der Waals surface area contributed by atoms with Crippen LogP contribution in [0.5, 0.6) is 0 Å². The summed E-state index contributed by atoms with van der Waals surface area (Å²) in [6.45, 7) is 1.72. The molecule has 1 aromatic rings. The lowest BCUT2D eigenvalue weighted by atomic mass is 10.2. The topological polar surface area (TPSA) is 12.5 Å². The second kappa shape index (κ2) is 6.14. The van der Waals surface area contributed by atoms with Gasteiger partial charge in [-0.05, 0) is 30.6 Å². The van der Waals surface area contributed by atoms with Crippen LogP contribution in [0.1, 0.15) is 18.4 Å². The van der Waals surface area contributed by atoms with E-state index in [0.717, 1.165) is 18.8 Å². The molecule has 0 saturated carbocycles. The lowest BCUT2D eigenvalue weighted by Crippen LogP contribution is -2.23. The number of nitrogens with zero attached hydrogens (tertiary/aromatic N) is 1. The zero-order valence-electron chi connectivity index (χ0n) is 10.3. The Morgan fingerprint density at radius 3 is 2.88 bits per heavy atom. The van der Waals surface area contributed by atoms with Crippen molar-refractivity contribution in [3.05, 3.63) is 53.9 Å². The van der Waals surface area contributed by atoms with Crippen molar-refractivity contribution in [3.63, 3.8) is 0 Å². The number of hydrogen-bond acceptors (Lipinski definition) is 2. The summed E-state index contributed by atoms with van der Waals surface area (Å²) in [4.78, 5) is 2.17. The monoisotopic (exact) mass is 229 g/mol. The molecule has 0 unspecified atom stereocenters. The van der Waals surface area contributed by atoms with E-state index in [0.29, 0.717) is 6.61 Å². The van der Waals surface area contributed by atoms with Crippen LogP contribution in [0.15, 0.2) is 48.4 Å². The quantitative estimate of drug-likeness (QED) is 0.785. The molecule has 0 saturated heterocycles. The fourth-order valence-electron chi connectivity index (χ4n) is 1.87. The predicted molar refractivity (Wildman–Crippen MR) is 71.4 cm³/mol. The minimum Gasteiger partial charge on any atom is -0.475 e. The molecule has 0 aliphatic carbocycles. The Labute approximate surface area is 103 Å². The summed E-state index contributed by atoms with van der Waals surface area (Å²) in [5.41, 5.74) is 1.21. The minimum atomic E-state index is 0.630. The van der Waals surface area contributed by atoms with Crippen LogP contribution in [0.2, 0.25) is 0 Å². The van der Waals surface area contributed by atoms with E-state index in [4.69, 9.17) is 4.74 Å². The van der Waals surface area contributed by atoms with E-state index in [9.17, 15) is 0 Å². The molecular formula is C15H19NO. The standard InChI is InChI=1S/C15H19NO/c1-16-12-6-5-11-15(16)17-13-7-10-14-8-3-2-4-9-14/h2-4,7-11H,5-6,12-13H2,1H3/b10-7+. The van der Waals surface area contributed by atoms with E-state index in [1.54, 1.807) is 0 Å². The van der Waals surface area contributed by atoms with E-state index in [2.05, 4.69) is 42.3 Å². The molecule has 0 amide bonds. The van der Waals surface area contributed by atoms with Gasteiger partial charge in [-0.2, -0.15) is 0 Å². The highest BCUT2D eigenvalue weighted by molar-refractivity contribution is 5.48. The van der Waals surface area contributed by atoms with Crippen molar-refractivity contribution in [2.24, 2.45) is 0 Å². The maximum atomic E-state index is 5.72. The summed E-state index contributed by atoms with van der Waals surface area (Å²) in [7, 11) is 2.08. The van der Waals surface area contributed by atoms with Gasteiger partial charge in [-0.25, -0.2) is 0 Å². The van der Waals surface area contributed by atoms with Crippen molar-refractivity contribution in [2.75, 3.05) is 20.2 Å². The van der Waals surface area contributed by atoms with E-state index >= 15 is 0 Å². The van der Waals surface area contributed by atoms with Gasteiger partial charge in [0.2, 0.25) is 0 Å². The molecule has 0 fully saturated rings. The van der Waals surface area contributed by atoms with Crippen LogP contribution in [-0.4, -0.2) is 25.1 Å². The van der Waals surface area contributed by atoms with Gasteiger partial charge >= 0.3 is 0 Å². The number of rotatable bonds is 4. The molecule has 90 valence electrons. The summed E-state index contributed by atoms with van der Waals surface area (Å²) >= 11 is 0. The maximum Gasteiger partial charge on any atom is 0.185 e. The zero-order chi connectivity index (χ0) is 11.9. The maximum absolute atomic E-state index is 5.72. The van der Waals surface area contributed by atoms with E-state index in [1.165, 1.54) is 12.0 Å². The smallest absolute Gasteiger partial charge is 0.185 e. The molecule has 0 bridgehead atoms. The molecular weight excluding hydrogens is 210 g/mol. The van der Waals surface area contributed by atoms with Gasteiger partial charge in [-0.1, -0.05) is 36.4 Å². The molecule has 0 aromatic heterocycles. The molecule has 0 N–H and O–H groups in total. The normalized spacial score (nSPS) is 16.1. The average Bonchev–Trinajstić information content (AvgIpc) is 2.38. The SMILES string of the molecule is CN1CCCC=C1OC/C=C/c1ccccc1. The molecule has 0 spiro atoms. The van der Waals surface area contributed by atoms with Crippen LogP contribution in [0, 0.1) is 0 Å².